The van der Waals surface area contributed by atoms with E-state index in [2.05, 4.69) is 30.8 Å². The third-order valence-corrected chi connectivity index (χ3v) is 2.88. The molecule has 1 aromatic rings. The summed E-state index contributed by atoms with van der Waals surface area (Å²) in [6.07, 6.45) is 3.14. The van der Waals surface area contributed by atoms with Crippen LogP contribution in [0, 0.1) is 0 Å². The number of nitrogens with one attached hydrogen (secondary N) is 1. The summed E-state index contributed by atoms with van der Waals surface area (Å²) in [5.74, 6) is 0.182. The Bertz CT molecular complexity index is 401. The van der Waals surface area contributed by atoms with Crippen molar-refractivity contribution in [3.63, 3.8) is 0 Å². The molecule has 0 aromatic heterocycles. The van der Waals surface area contributed by atoms with Gasteiger partial charge >= 0.3 is 6.61 Å². The maximum Gasteiger partial charge on any atom is 0.387 e. The van der Waals surface area contributed by atoms with Crippen molar-refractivity contribution in [1.82, 2.24) is 5.32 Å². The molecule has 0 aliphatic heterocycles. The first-order valence-corrected chi connectivity index (χ1v) is 6.49. The van der Waals surface area contributed by atoms with E-state index >= 15 is 0 Å². The zero-order valence-corrected chi connectivity index (χ0v) is 11.6. The van der Waals surface area contributed by atoms with Gasteiger partial charge < -0.3 is 10.1 Å². The predicted octanol–water partition coefficient (Wildman–Crippen LogP) is 4.08. The summed E-state index contributed by atoms with van der Waals surface area (Å²) in [4.78, 5) is 0. The molecule has 106 valence electrons. The average Bonchev–Trinajstić information content (AvgIpc) is 2.37. The predicted molar refractivity (Wildman–Crippen MR) is 74.5 cm³/mol. The molecule has 0 heterocycles. The topological polar surface area (TPSA) is 21.3 Å². The van der Waals surface area contributed by atoms with Crippen LogP contribution in [0.3, 0.4) is 0 Å². The van der Waals surface area contributed by atoms with Crippen LogP contribution in [0.5, 0.6) is 5.75 Å². The maximum atomic E-state index is 12.0. The summed E-state index contributed by atoms with van der Waals surface area (Å²) < 4.78 is 28.3. The fourth-order valence-corrected chi connectivity index (χ4v) is 1.66. The van der Waals surface area contributed by atoms with E-state index < -0.39 is 6.61 Å². The molecule has 0 aliphatic rings. The van der Waals surface area contributed by atoms with Gasteiger partial charge in [-0.3, -0.25) is 0 Å². The summed E-state index contributed by atoms with van der Waals surface area (Å²) in [7, 11) is 0. The van der Waals surface area contributed by atoms with Gasteiger partial charge in [0.15, 0.2) is 0 Å². The van der Waals surface area contributed by atoms with Crippen molar-refractivity contribution in [3.05, 3.63) is 35.4 Å². The Labute approximate surface area is 113 Å². The van der Waals surface area contributed by atoms with Crippen LogP contribution in [0.1, 0.15) is 32.8 Å². The summed E-state index contributed by atoms with van der Waals surface area (Å²) in [6, 6.07) is 6.95. The van der Waals surface area contributed by atoms with Crippen molar-refractivity contribution in [2.45, 2.75) is 39.8 Å². The van der Waals surface area contributed by atoms with Gasteiger partial charge in [-0.2, -0.15) is 8.78 Å². The molecule has 1 atom stereocenters. The van der Waals surface area contributed by atoms with Crippen molar-refractivity contribution in [2.24, 2.45) is 0 Å². The molecule has 0 aliphatic carbocycles. The van der Waals surface area contributed by atoms with Gasteiger partial charge in [-0.1, -0.05) is 30.7 Å². The van der Waals surface area contributed by atoms with Crippen LogP contribution >= 0.6 is 0 Å². The molecule has 0 spiro atoms. The maximum absolute atomic E-state index is 12.0. The summed E-state index contributed by atoms with van der Waals surface area (Å²) >= 11 is 0. The second-order valence-corrected chi connectivity index (χ2v) is 4.51. The number of halogens is 2. The highest BCUT2D eigenvalue weighted by molar-refractivity contribution is 5.54. The molecule has 0 bridgehead atoms. The molecule has 4 heteroatoms. The molecule has 0 radical (unpaired) electrons. The number of hydrogen-bond acceptors (Lipinski definition) is 2. The Balaban J connectivity index is 2.65. The fraction of sp³-hybridized carbons (Fsp3) is 0.467. The van der Waals surface area contributed by atoms with Crippen LogP contribution in [-0.2, 0) is 0 Å². The highest BCUT2D eigenvalue weighted by atomic mass is 19.3. The lowest BCUT2D eigenvalue weighted by Crippen LogP contribution is -2.27. The summed E-state index contributed by atoms with van der Waals surface area (Å²) in [5.41, 5.74) is 2.18. The molecular weight excluding hydrogens is 248 g/mol. The molecule has 1 rings (SSSR count). The highest BCUT2D eigenvalue weighted by Gasteiger charge is 2.04. The van der Waals surface area contributed by atoms with Gasteiger partial charge in [0, 0.05) is 6.04 Å². The molecule has 1 unspecified atom stereocenters. The largest absolute Gasteiger partial charge is 0.435 e. The number of benzene rings is 1. The molecular formula is C15H21F2NO. The first kappa shape index (κ1) is 15.6. The highest BCUT2D eigenvalue weighted by Crippen LogP contribution is 2.17. The third kappa shape index (κ3) is 5.83. The Kier molecular flexibility index (Phi) is 6.50. The Morgan fingerprint density at radius 1 is 1.32 bits per heavy atom. The van der Waals surface area contributed by atoms with Crippen LogP contribution in [0.25, 0.3) is 6.08 Å². The van der Waals surface area contributed by atoms with Crippen molar-refractivity contribution in [3.8, 4) is 5.75 Å². The van der Waals surface area contributed by atoms with Gasteiger partial charge in [0.25, 0.3) is 0 Å². The van der Waals surface area contributed by atoms with Crippen LogP contribution in [0.15, 0.2) is 29.8 Å². The van der Waals surface area contributed by atoms with Crippen LogP contribution in [-0.4, -0.2) is 19.2 Å². The normalized spacial score (nSPS) is 13.7. The van der Waals surface area contributed by atoms with Gasteiger partial charge in [0.2, 0.25) is 0 Å². The van der Waals surface area contributed by atoms with E-state index in [0.717, 1.165) is 18.5 Å². The van der Waals surface area contributed by atoms with Crippen molar-refractivity contribution in [1.29, 1.82) is 0 Å². The Hall–Kier alpha value is -1.42. The zero-order chi connectivity index (χ0) is 14.3. The fourth-order valence-electron chi connectivity index (χ4n) is 1.66. The third-order valence-electron chi connectivity index (χ3n) is 2.88. The lowest BCUT2D eigenvalue weighted by Gasteiger charge is -2.14. The van der Waals surface area contributed by atoms with Gasteiger partial charge in [-0.05, 0) is 44.5 Å². The molecule has 0 saturated carbocycles. The van der Waals surface area contributed by atoms with E-state index in [-0.39, 0.29) is 5.75 Å². The molecule has 1 aromatic carbocycles. The van der Waals surface area contributed by atoms with E-state index in [1.165, 1.54) is 5.57 Å². The minimum Gasteiger partial charge on any atom is -0.435 e. The molecule has 2 nitrogen and oxygen atoms in total. The monoisotopic (exact) mass is 269 g/mol. The minimum absolute atomic E-state index is 0.182. The van der Waals surface area contributed by atoms with Crippen LogP contribution in [0.2, 0.25) is 0 Å². The lowest BCUT2D eigenvalue weighted by molar-refractivity contribution is -0.0498. The minimum atomic E-state index is -2.78. The number of alkyl halides is 2. The summed E-state index contributed by atoms with van der Waals surface area (Å²) in [5, 5.41) is 3.40. The lowest BCUT2D eigenvalue weighted by atomic mass is 10.1. The molecule has 19 heavy (non-hydrogen) atoms. The van der Waals surface area contributed by atoms with Crippen molar-refractivity contribution >= 4 is 6.08 Å². The van der Waals surface area contributed by atoms with Crippen molar-refractivity contribution in [2.75, 3.05) is 6.54 Å². The van der Waals surface area contributed by atoms with E-state index in [4.69, 9.17) is 0 Å². The molecule has 0 amide bonds. The van der Waals surface area contributed by atoms with Gasteiger partial charge in [0.1, 0.15) is 5.75 Å². The van der Waals surface area contributed by atoms with E-state index in [1.54, 1.807) is 24.3 Å². The Morgan fingerprint density at radius 2 is 1.95 bits per heavy atom. The standard InChI is InChI=1S/C15H21F2NO/c1-4-9-18-12(3)11(2)10-13-5-7-14(8-6-13)19-15(16)17/h5-8,10,12,15,18H,4,9H2,1-3H3/b11-10+. The smallest absolute Gasteiger partial charge is 0.387 e. The van der Waals surface area contributed by atoms with E-state index in [0.29, 0.717) is 6.04 Å². The van der Waals surface area contributed by atoms with Gasteiger partial charge in [0.05, 0.1) is 0 Å². The van der Waals surface area contributed by atoms with Gasteiger partial charge in [-0.25, -0.2) is 0 Å². The van der Waals surface area contributed by atoms with Crippen molar-refractivity contribution < 1.29 is 13.5 Å². The second kappa shape index (κ2) is 7.89. The van der Waals surface area contributed by atoms with Gasteiger partial charge in [-0.15, -0.1) is 0 Å². The first-order valence-electron chi connectivity index (χ1n) is 6.49. The number of rotatable bonds is 7. The quantitative estimate of drug-likeness (QED) is 0.805. The van der Waals surface area contributed by atoms with Crippen LogP contribution < -0.4 is 10.1 Å². The molecule has 0 saturated heterocycles. The number of ether oxygens (including phenoxy) is 1. The SMILES string of the molecule is CCCNC(C)/C(C)=C/c1ccc(OC(F)F)cc1. The summed E-state index contributed by atoms with van der Waals surface area (Å²) in [6.45, 7) is 4.49. The number of hydrogen-bond donors (Lipinski definition) is 1. The van der Waals surface area contributed by atoms with Crippen LogP contribution in [0.4, 0.5) is 8.78 Å². The Morgan fingerprint density at radius 3 is 2.47 bits per heavy atom. The second-order valence-electron chi connectivity index (χ2n) is 4.51. The van der Waals surface area contributed by atoms with E-state index in [1.807, 2.05) is 6.08 Å². The first-order chi connectivity index (χ1) is 9.02. The van der Waals surface area contributed by atoms with E-state index in [9.17, 15) is 8.78 Å². The average molecular weight is 269 g/mol. The molecule has 0 fully saturated rings. The molecule has 1 N–H and O–H groups in total. The zero-order valence-electron chi connectivity index (χ0n) is 11.6.